The van der Waals surface area contributed by atoms with Gasteiger partial charge >= 0.3 is 12.4 Å². The minimum atomic E-state index is -5.62. The summed E-state index contributed by atoms with van der Waals surface area (Å²) >= 11 is 0. The number of fused-ring (bicyclic) bond motifs is 1. The van der Waals surface area contributed by atoms with Crippen molar-refractivity contribution in [2.45, 2.75) is 24.3 Å². The van der Waals surface area contributed by atoms with Gasteiger partial charge in [0.1, 0.15) is 0 Å². The molecule has 0 spiro atoms. The molecule has 0 saturated heterocycles. The first-order chi connectivity index (χ1) is 9.02. The molecule has 8 heteroatoms. The van der Waals surface area contributed by atoms with Crippen LogP contribution in [0.15, 0.2) is 24.3 Å². The van der Waals surface area contributed by atoms with E-state index in [1.807, 2.05) is 0 Å². The average Bonchev–Trinajstić information content (AvgIpc) is 2.30. The number of alkyl halides is 6. The number of carbonyl (C=O) groups excluding carboxylic acids is 1. The topological polar surface area (TPSA) is 20.3 Å². The minimum absolute atomic E-state index is 0.101. The van der Waals surface area contributed by atoms with Crippen LogP contribution in [-0.2, 0) is 0 Å². The van der Waals surface area contributed by atoms with Gasteiger partial charge in [-0.05, 0) is 12.1 Å². The van der Waals surface area contributed by atoms with Crippen molar-refractivity contribution in [3.63, 3.8) is 0 Å². The number of Topliss-reactive ketones (excluding diaryl/α,β-unsaturated/α-hetero) is 1. The Labute approximate surface area is 110 Å². The first-order valence-corrected chi connectivity index (χ1v) is 5.52. The summed E-state index contributed by atoms with van der Waals surface area (Å²) in [5.74, 6) is -1.17. The highest BCUT2D eigenvalue weighted by molar-refractivity contribution is 6.04. The Morgan fingerprint density at radius 3 is 2.05 bits per heavy atom. The van der Waals surface area contributed by atoms with E-state index >= 15 is 0 Å². The molecule has 0 aliphatic carbocycles. The molecule has 1 aliphatic heterocycles. The summed E-state index contributed by atoms with van der Waals surface area (Å²) in [4.78, 5) is 11.8. The SMILES string of the molecule is CN1c2ccccc2C(=O)CC1(C(F)(F)F)C(F)(F)F. The van der Waals surface area contributed by atoms with E-state index in [4.69, 9.17) is 0 Å². The van der Waals surface area contributed by atoms with Crippen molar-refractivity contribution in [2.24, 2.45) is 0 Å². The van der Waals surface area contributed by atoms with Crippen molar-refractivity contribution < 1.29 is 31.1 Å². The maximum Gasteiger partial charge on any atom is 0.421 e. The van der Waals surface area contributed by atoms with Gasteiger partial charge in [-0.2, -0.15) is 26.3 Å². The zero-order valence-electron chi connectivity index (χ0n) is 10.1. The van der Waals surface area contributed by atoms with Crippen molar-refractivity contribution in [2.75, 3.05) is 11.9 Å². The second-order valence-electron chi connectivity index (χ2n) is 4.53. The van der Waals surface area contributed by atoms with Crippen molar-refractivity contribution in [1.82, 2.24) is 0 Å². The third-order valence-electron chi connectivity index (χ3n) is 3.49. The molecule has 2 rings (SSSR count). The number of ketones is 1. The number of para-hydroxylation sites is 1. The van der Waals surface area contributed by atoms with Crippen LogP contribution in [0.3, 0.4) is 0 Å². The number of benzene rings is 1. The van der Waals surface area contributed by atoms with Crippen LogP contribution in [-0.4, -0.2) is 30.7 Å². The van der Waals surface area contributed by atoms with Gasteiger partial charge in [-0.25, -0.2) is 0 Å². The lowest BCUT2D eigenvalue weighted by molar-refractivity contribution is -0.295. The van der Waals surface area contributed by atoms with Crippen molar-refractivity contribution in [3.8, 4) is 0 Å². The summed E-state index contributed by atoms with van der Waals surface area (Å²) in [6, 6.07) is 4.95. The van der Waals surface area contributed by atoms with Crippen LogP contribution in [0.2, 0.25) is 0 Å². The maximum absolute atomic E-state index is 13.1. The molecule has 1 aromatic rings. The van der Waals surface area contributed by atoms with Crippen molar-refractivity contribution >= 4 is 11.5 Å². The van der Waals surface area contributed by atoms with Gasteiger partial charge in [0.2, 0.25) is 5.54 Å². The quantitative estimate of drug-likeness (QED) is 0.682. The Bertz CT molecular complexity index is 534. The molecule has 0 aromatic heterocycles. The molecular formula is C12H9F6NO. The van der Waals surface area contributed by atoms with Gasteiger partial charge < -0.3 is 4.90 Å². The van der Waals surface area contributed by atoms with Gasteiger partial charge in [0.05, 0.1) is 6.42 Å². The van der Waals surface area contributed by atoms with Crippen molar-refractivity contribution in [1.29, 1.82) is 0 Å². The van der Waals surface area contributed by atoms with E-state index in [1.165, 1.54) is 18.2 Å². The molecule has 0 atom stereocenters. The molecule has 0 saturated carbocycles. The zero-order valence-corrected chi connectivity index (χ0v) is 10.1. The monoisotopic (exact) mass is 297 g/mol. The van der Waals surface area contributed by atoms with Gasteiger partial charge in [0.25, 0.3) is 0 Å². The second-order valence-corrected chi connectivity index (χ2v) is 4.53. The first-order valence-electron chi connectivity index (χ1n) is 5.52. The number of hydrogen-bond donors (Lipinski definition) is 0. The van der Waals surface area contributed by atoms with Gasteiger partial charge in [-0.3, -0.25) is 4.79 Å². The number of hydrogen-bond acceptors (Lipinski definition) is 2. The Balaban J connectivity index is 2.72. The molecule has 1 heterocycles. The maximum atomic E-state index is 13.1. The van der Waals surface area contributed by atoms with Gasteiger partial charge in [-0.15, -0.1) is 0 Å². The van der Waals surface area contributed by atoms with E-state index in [-0.39, 0.29) is 16.2 Å². The molecule has 1 aliphatic rings. The highest BCUT2D eigenvalue weighted by atomic mass is 19.4. The predicted octanol–water partition coefficient (Wildman–Crippen LogP) is 3.57. The van der Waals surface area contributed by atoms with E-state index in [9.17, 15) is 31.1 Å². The third kappa shape index (κ3) is 1.77. The first kappa shape index (κ1) is 14.7. The zero-order chi connectivity index (χ0) is 15.3. The molecule has 20 heavy (non-hydrogen) atoms. The van der Waals surface area contributed by atoms with E-state index in [2.05, 4.69) is 0 Å². The van der Waals surface area contributed by atoms with Crippen LogP contribution in [0.1, 0.15) is 16.8 Å². The van der Waals surface area contributed by atoms with Crippen LogP contribution in [0, 0.1) is 0 Å². The number of carbonyl (C=O) groups is 1. The largest absolute Gasteiger partial charge is 0.421 e. The summed E-state index contributed by atoms with van der Waals surface area (Å²) in [7, 11) is 0.701. The van der Waals surface area contributed by atoms with Gasteiger partial charge in [0.15, 0.2) is 5.78 Å². The Morgan fingerprint density at radius 2 is 1.55 bits per heavy atom. The molecule has 1 aromatic carbocycles. The van der Waals surface area contributed by atoms with Crippen LogP contribution in [0.4, 0.5) is 32.0 Å². The summed E-state index contributed by atoms with van der Waals surface area (Å²) in [6.07, 6.45) is -12.9. The molecule has 110 valence electrons. The number of anilines is 1. The normalized spacial score (nSPS) is 18.9. The van der Waals surface area contributed by atoms with Crippen LogP contribution in [0.5, 0.6) is 0 Å². The second kappa shape index (κ2) is 4.13. The lowest BCUT2D eigenvalue weighted by atomic mass is 9.82. The molecule has 2 nitrogen and oxygen atoms in total. The molecule has 0 amide bonds. The third-order valence-corrected chi connectivity index (χ3v) is 3.49. The van der Waals surface area contributed by atoms with Crippen LogP contribution < -0.4 is 4.90 Å². The number of nitrogens with zero attached hydrogens (tertiary/aromatic N) is 1. The molecule has 0 radical (unpaired) electrons. The summed E-state index contributed by atoms with van der Waals surface area (Å²) in [6.45, 7) is 0. The summed E-state index contributed by atoms with van der Waals surface area (Å²) < 4.78 is 78.6. The lowest BCUT2D eigenvalue weighted by Gasteiger charge is -2.47. The molecule has 0 fully saturated rings. The summed E-state index contributed by atoms with van der Waals surface area (Å²) in [5.41, 5.74) is -4.71. The highest BCUT2D eigenvalue weighted by Gasteiger charge is 2.75. The summed E-state index contributed by atoms with van der Waals surface area (Å²) in [5, 5.41) is 0. The van der Waals surface area contributed by atoms with Gasteiger partial charge in [0, 0.05) is 18.3 Å². The average molecular weight is 297 g/mol. The van der Waals surface area contributed by atoms with Crippen LogP contribution >= 0.6 is 0 Å². The molecule has 0 bridgehead atoms. The molecule has 0 unspecified atom stereocenters. The van der Waals surface area contributed by atoms with E-state index in [1.54, 1.807) is 0 Å². The minimum Gasteiger partial charge on any atom is -0.352 e. The van der Waals surface area contributed by atoms with E-state index in [0.29, 0.717) is 7.05 Å². The molecule has 0 N–H and O–H groups in total. The lowest BCUT2D eigenvalue weighted by Crippen LogP contribution is -2.69. The van der Waals surface area contributed by atoms with Crippen molar-refractivity contribution in [3.05, 3.63) is 29.8 Å². The Morgan fingerprint density at radius 1 is 1.05 bits per heavy atom. The number of halogens is 6. The predicted molar refractivity (Wildman–Crippen MR) is 58.6 cm³/mol. The smallest absolute Gasteiger partial charge is 0.352 e. The fraction of sp³-hybridized carbons (Fsp3) is 0.417. The Kier molecular flexibility index (Phi) is 3.03. The standard InChI is InChI=1S/C12H9F6NO/c1-19-8-5-3-2-4-7(8)9(20)6-10(19,11(13,14)15)12(16,17)18/h2-5H,6H2,1H3. The Hall–Kier alpha value is -1.73. The van der Waals surface area contributed by atoms with Crippen LogP contribution in [0.25, 0.3) is 0 Å². The molecular weight excluding hydrogens is 288 g/mol. The van der Waals surface area contributed by atoms with Gasteiger partial charge in [-0.1, -0.05) is 12.1 Å². The van der Waals surface area contributed by atoms with E-state index in [0.717, 1.165) is 6.07 Å². The fourth-order valence-electron chi connectivity index (χ4n) is 2.40. The highest BCUT2D eigenvalue weighted by Crippen LogP contribution is 2.53. The number of rotatable bonds is 0. The van der Waals surface area contributed by atoms with E-state index < -0.39 is 30.1 Å². The fourth-order valence-corrected chi connectivity index (χ4v) is 2.40.